The molecule has 2 aliphatic rings. The van der Waals surface area contributed by atoms with Gasteiger partial charge >= 0.3 is 17.9 Å². The predicted molar refractivity (Wildman–Crippen MR) is 353 cm³/mol. The van der Waals surface area contributed by atoms with Gasteiger partial charge in [0.1, 0.15) is 33.4 Å². The van der Waals surface area contributed by atoms with Gasteiger partial charge in [0.2, 0.25) is 0 Å². The van der Waals surface area contributed by atoms with E-state index in [1.807, 2.05) is 212 Å². The Labute approximate surface area is 541 Å². The SMILES string of the molecule is Cc1cc(SCC2=C(C(=O)OC(c3ccccc3)c3ccccc3)N3C(=O)[C@@H](NC(=O)C(=NOC(=O)c4ccccc4)c4csc(NC(c5ccccc5)(c5ccccc5)c5ccccc5)n4)[C@H]3SC2)n2nc(C(=O)OC(c3ccccc3)c3ccccc3)nc2n1. The third-order valence-corrected chi connectivity index (χ3v) is 18.7. The van der Waals surface area contributed by atoms with E-state index in [0.29, 0.717) is 32.6 Å². The number of nitrogens with zero attached hydrogens (tertiary/aromatic N) is 7. The van der Waals surface area contributed by atoms with Gasteiger partial charge in [0.25, 0.3) is 23.4 Å². The summed E-state index contributed by atoms with van der Waals surface area (Å²) in [5, 5.41) is 17.2. The molecule has 20 heteroatoms. The number of β-lactam (4-membered cyclic amide) rings is 1. The number of aryl methyl sites for hydroxylation is 1. The monoisotopic (exact) mass is 1270 g/mol. The molecule has 17 nitrogen and oxygen atoms in total. The van der Waals surface area contributed by atoms with E-state index in [1.165, 1.54) is 44.3 Å². The minimum atomic E-state index is -1.20. The molecule has 11 aromatic rings. The normalized spacial score (nSPS) is 14.8. The number of carbonyl (C=O) groups is 5. The topological polar surface area (TPSA) is 209 Å². The number of thiazole rings is 1. The van der Waals surface area contributed by atoms with Crippen LogP contribution in [0, 0.1) is 6.92 Å². The molecule has 0 radical (unpaired) electrons. The van der Waals surface area contributed by atoms with Crippen molar-refractivity contribution in [2.75, 3.05) is 16.8 Å². The highest BCUT2D eigenvalue weighted by molar-refractivity contribution is 8.01. The molecule has 92 heavy (non-hydrogen) atoms. The lowest BCUT2D eigenvalue weighted by molar-refractivity contribution is -0.154. The number of aromatic nitrogens is 5. The molecule has 2 aliphatic heterocycles. The van der Waals surface area contributed by atoms with Crippen LogP contribution in [0.25, 0.3) is 5.78 Å². The molecule has 454 valence electrons. The largest absolute Gasteiger partial charge is 0.448 e. The lowest BCUT2D eigenvalue weighted by Crippen LogP contribution is -2.71. The van der Waals surface area contributed by atoms with E-state index in [-0.39, 0.29) is 45.8 Å². The van der Waals surface area contributed by atoms with E-state index in [1.54, 1.807) is 48.7 Å². The first kappa shape index (κ1) is 60.1. The zero-order valence-electron chi connectivity index (χ0n) is 49.1. The predicted octanol–water partition coefficient (Wildman–Crippen LogP) is 12.6. The van der Waals surface area contributed by atoms with E-state index in [2.05, 4.69) is 30.9 Å². The Kier molecular flexibility index (Phi) is 17.7. The molecule has 3 aromatic heterocycles. The number of rotatable bonds is 21. The minimum absolute atomic E-state index is 0.00554. The Balaban J connectivity index is 0.814. The molecule has 0 saturated carbocycles. The second-order valence-electron chi connectivity index (χ2n) is 21.4. The summed E-state index contributed by atoms with van der Waals surface area (Å²) in [6.07, 6.45) is -1.63. The number of benzene rings is 8. The number of anilines is 1. The van der Waals surface area contributed by atoms with E-state index in [0.717, 1.165) is 27.8 Å². The lowest BCUT2D eigenvalue weighted by atomic mass is 9.77. The van der Waals surface area contributed by atoms with E-state index >= 15 is 14.4 Å². The fraction of sp³-hybridized carbons (Fsp3) is 0.111. The minimum Gasteiger partial charge on any atom is -0.448 e. The molecule has 1 fully saturated rings. The van der Waals surface area contributed by atoms with Crippen molar-refractivity contribution in [3.05, 3.63) is 327 Å². The Bertz CT molecular complexity index is 4360. The summed E-state index contributed by atoms with van der Waals surface area (Å²) >= 11 is 3.85. The fourth-order valence-electron chi connectivity index (χ4n) is 11.1. The number of hydrogen-bond donors (Lipinski definition) is 2. The number of amides is 2. The van der Waals surface area contributed by atoms with Crippen molar-refractivity contribution in [2.24, 2.45) is 5.16 Å². The van der Waals surface area contributed by atoms with Gasteiger partial charge < -0.3 is 24.9 Å². The van der Waals surface area contributed by atoms with E-state index in [9.17, 15) is 9.59 Å². The summed E-state index contributed by atoms with van der Waals surface area (Å²) in [5.41, 5.74) is 5.66. The fourth-order valence-corrected chi connectivity index (χ4v) is 14.4. The quantitative estimate of drug-likeness (QED) is 0.0100. The van der Waals surface area contributed by atoms with Gasteiger partial charge in [-0.1, -0.05) is 236 Å². The molecule has 0 bridgehead atoms. The second kappa shape index (κ2) is 27.1. The second-order valence-corrected chi connectivity index (χ2v) is 24.4. The Hall–Kier alpha value is -10.8. The highest BCUT2D eigenvalue weighted by Crippen LogP contribution is 2.44. The number of fused-ring (bicyclic) bond motifs is 2. The third kappa shape index (κ3) is 12.6. The van der Waals surface area contributed by atoms with Crippen molar-refractivity contribution in [2.45, 2.75) is 41.1 Å². The third-order valence-electron chi connectivity index (χ3n) is 15.5. The van der Waals surface area contributed by atoms with Crippen molar-refractivity contribution in [1.82, 2.24) is 34.8 Å². The maximum Gasteiger partial charge on any atom is 0.379 e. The molecule has 8 aromatic carbocycles. The average Bonchev–Trinajstić information content (AvgIpc) is 0.786. The summed E-state index contributed by atoms with van der Waals surface area (Å²) in [6.45, 7) is 1.79. The number of ether oxygens (including phenoxy) is 2. The smallest absolute Gasteiger partial charge is 0.379 e. The summed E-state index contributed by atoms with van der Waals surface area (Å²) in [4.78, 5) is 93.8. The Morgan fingerprint density at radius 3 is 1.61 bits per heavy atom. The van der Waals surface area contributed by atoms with Gasteiger partial charge in [-0.3, -0.25) is 14.5 Å². The van der Waals surface area contributed by atoms with Crippen LogP contribution in [0.15, 0.2) is 276 Å². The van der Waals surface area contributed by atoms with Gasteiger partial charge in [-0.15, -0.1) is 40.0 Å². The maximum atomic E-state index is 15.3. The first-order valence-electron chi connectivity index (χ1n) is 29.3. The molecular formula is C72H55N9O8S3. The van der Waals surface area contributed by atoms with Crippen LogP contribution in [0.2, 0.25) is 0 Å². The Morgan fingerprint density at radius 2 is 1.10 bits per heavy atom. The van der Waals surface area contributed by atoms with Gasteiger partial charge in [0, 0.05) is 22.6 Å². The van der Waals surface area contributed by atoms with Crippen molar-refractivity contribution in [1.29, 1.82) is 0 Å². The van der Waals surface area contributed by atoms with E-state index in [4.69, 9.17) is 19.3 Å². The van der Waals surface area contributed by atoms with Gasteiger partial charge in [0.05, 0.1) is 5.56 Å². The average molecular weight is 1270 g/mol. The van der Waals surface area contributed by atoms with Crippen LogP contribution in [0.3, 0.4) is 0 Å². The summed E-state index contributed by atoms with van der Waals surface area (Å²) in [7, 11) is 0. The van der Waals surface area contributed by atoms with Crippen LogP contribution < -0.4 is 10.6 Å². The number of oxime groups is 1. The zero-order valence-corrected chi connectivity index (χ0v) is 51.5. The van der Waals surface area contributed by atoms with Crippen molar-refractivity contribution >= 4 is 81.2 Å². The molecule has 1 saturated heterocycles. The maximum absolute atomic E-state index is 15.3. The number of esters is 2. The molecule has 2 amide bonds. The molecular weight excluding hydrogens is 1220 g/mol. The van der Waals surface area contributed by atoms with Gasteiger partial charge in [-0.05, 0) is 69.6 Å². The summed E-state index contributed by atoms with van der Waals surface area (Å²) in [5.74, 6) is -3.55. The van der Waals surface area contributed by atoms with Crippen LogP contribution in [0.4, 0.5) is 5.13 Å². The molecule has 5 heterocycles. The molecule has 0 aliphatic carbocycles. The molecule has 13 rings (SSSR count). The molecule has 0 spiro atoms. The van der Waals surface area contributed by atoms with Crippen molar-refractivity contribution in [3.63, 3.8) is 0 Å². The highest BCUT2D eigenvalue weighted by atomic mass is 32.2. The lowest BCUT2D eigenvalue weighted by Gasteiger charge is -2.49. The number of carbonyl (C=O) groups excluding carboxylic acids is 5. The molecule has 2 atom stereocenters. The van der Waals surface area contributed by atoms with Gasteiger partial charge in [0.15, 0.2) is 23.1 Å². The highest BCUT2D eigenvalue weighted by Gasteiger charge is 2.55. The van der Waals surface area contributed by atoms with Crippen molar-refractivity contribution < 1.29 is 38.3 Å². The van der Waals surface area contributed by atoms with Gasteiger partial charge in [-0.2, -0.15) is 9.50 Å². The van der Waals surface area contributed by atoms with Crippen LogP contribution in [0.1, 0.15) is 83.5 Å². The molecule has 0 unspecified atom stereocenters. The zero-order chi connectivity index (χ0) is 63.0. The Morgan fingerprint density at radius 1 is 0.620 bits per heavy atom. The van der Waals surface area contributed by atoms with Crippen LogP contribution in [-0.4, -0.2) is 87.8 Å². The van der Waals surface area contributed by atoms with E-state index < -0.39 is 58.9 Å². The van der Waals surface area contributed by atoms with Crippen LogP contribution >= 0.6 is 34.9 Å². The standard InChI is InChI=1S/C72H55N9O8S3/c1-46-42-57(81-70(73-46)76-63(78-81)69(86)88-62(49-30-14-4-15-31-49)50-32-16-5-17-33-50)90-43-52-44-91-66-59(65(83)80(66)60(52)68(85)87-61(47-26-10-2-11-27-47)48-28-12-3-13-29-48)75-64(82)58(79-89-67(84)51-34-18-6-19-35-51)56-45-92-71(74-56)77-72(53-36-20-7-21-37-53,54-38-22-8-23-39-54)55-40-24-9-25-41-55/h2-42,45,59,61-62,66H,43-44H2,1H3,(H,74,77)(H,75,82)/t59-,66-/m1/s1. The molecule has 2 N–H and O–H groups in total. The summed E-state index contributed by atoms with van der Waals surface area (Å²) < 4.78 is 14.1. The summed E-state index contributed by atoms with van der Waals surface area (Å²) in [6, 6.07) is 76.0. The van der Waals surface area contributed by atoms with Crippen LogP contribution in [0.5, 0.6) is 0 Å². The van der Waals surface area contributed by atoms with Gasteiger partial charge in [-0.25, -0.2) is 24.4 Å². The first-order chi connectivity index (χ1) is 45.1. The number of thioether (sulfide) groups is 2. The number of nitrogens with one attached hydrogen (secondary N) is 2. The number of hydrogen-bond acceptors (Lipinski definition) is 17. The van der Waals surface area contributed by atoms with Crippen LogP contribution in [-0.2, 0) is 34.2 Å². The van der Waals surface area contributed by atoms with Crippen molar-refractivity contribution in [3.8, 4) is 0 Å². The first-order valence-corrected chi connectivity index (χ1v) is 32.2.